The van der Waals surface area contributed by atoms with E-state index in [1.807, 2.05) is 22.6 Å². The van der Waals surface area contributed by atoms with Crippen molar-refractivity contribution < 1.29 is 235 Å². The van der Waals surface area contributed by atoms with Crippen LogP contribution in [-0.2, 0) is 126 Å². The first kappa shape index (κ1) is 105. The normalized spacial score (nSPS) is 29.6. The van der Waals surface area contributed by atoms with Gasteiger partial charge in [0.05, 0.1) is 103 Å². The second kappa shape index (κ2) is 41.2. The molecule has 14 N–H and O–H groups in total. The van der Waals surface area contributed by atoms with E-state index in [9.17, 15) is 164 Å². The monoisotopic (exact) mass is 2090 g/mol. The molecular weight excluding hydrogens is 2040 g/mol. The summed E-state index contributed by atoms with van der Waals surface area (Å²) in [5, 5.41) is 59.0. The zero-order valence-corrected chi connectivity index (χ0v) is 71.6. The van der Waals surface area contributed by atoms with Gasteiger partial charge in [0.25, 0.3) is 62.6 Å². The molecule has 0 spiro atoms. The fraction of sp³-hybridized carbons (Fsp3) is 0.512. The van der Waals surface area contributed by atoms with Crippen LogP contribution in [-0.4, -0.2) is 180 Å². The molecular formula is C41H56BrIN12O50P12-16. The van der Waals surface area contributed by atoms with Crippen molar-refractivity contribution in [2.45, 2.75) is 99.4 Å². The molecule has 4 saturated heterocycles. The van der Waals surface area contributed by atoms with Crippen LogP contribution in [0.3, 0.4) is 0 Å². The molecule has 117 heavy (non-hydrogen) atoms. The Morgan fingerprint density at radius 3 is 0.906 bits per heavy atom. The molecule has 0 amide bonds. The van der Waals surface area contributed by atoms with Gasteiger partial charge in [0.2, 0.25) is 0 Å². The lowest BCUT2D eigenvalue weighted by atomic mass is 10.1. The smallest absolute Gasteiger partial charge is 0.278 e. The minimum Gasteiger partial charge on any atom is -0.790 e. The van der Waals surface area contributed by atoms with Crippen LogP contribution in [0, 0.1) is 0 Å². The quantitative estimate of drug-likeness (QED) is 0.0215. The Morgan fingerprint density at radius 2 is 0.632 bits per heavy atom. The Bertz CT molecular complexity index is 4290. The van der Waals surface area contributed by atoms with Crippen LogP contribution < -0.4 is 101 Å². The largest absolute Gasteiger partial charge is 0.790 e. The van der Waals surface area contributed by atoms with Gasteiger partial charge in [0.1, 0.15) is 90.1 Å². The molecule has 76 heteroatoms. The summed E-state index contributed by atoms with van der Waals surface area (Å²) in [6.07, 6.45) is -8.58. The van der Waals surface area contributed by atoms with Gasteiger partial charge in [-0.25, -0.2) is 37.2 Å². The molecule has 0 aromatic rings. The Kier molecular flexibility index (Phi) is 36.9. The second-order valence-electron chi connectivity index (χ2n) is 22.5. The van der Waals surface area contributed by atoms with E-state index in [0.29, 0.717) is 8.06 Å². The summed E-state index contributed by atoms with van der Waals surface area (Å²) in [7, 11) is -71.5. The summed E-state index contributed by atoms with van der Waals surface area (Å²) < 4.78 is 197. The van der Waals surface area contributed by atoms with E-state index in [1.54, 1.807) is 6.20 Å². The van der Waals surface area contributed by atoms with Gasteiger partial charge >= 0.3 is 0 Å². The number of aliphatic hydroxyl groups is 6. The second-order valence-corrected chi connectivity index (χ2v) is 41.5. The van der Waals surface area contributed by atoms with E-state index in [0.717, 1.165) is 6.20 Å². The Balaban J connectivity index is 0.000000278. The van der Waals surface area contributed by atoms with Crippen molar-refractivity contribution in [2.75, 3.05) is 33.0 Å². The lowest BCUT2D eigenvalue weighted by Gasteiger charge is -2.37. The molecule has 0 bridgehead atoms. The third-order valence-electron chi connectivity index (χ3n) is 13.7. The molecule has 670 valence electrons. The predicted octanol–water partition coefficient (Wildman–Crippen LogP) is -11.5. The first-order chi connectivity index (χ1) is 52.9. The number of phosphoric acid groups is 12. The summed E-state index contributed by atoms with van der Waals surface area (Å²) in [6.45, 7) is 10.4. The number of amidine groups is 4. The third kappa shape index (κ3) is 35.3. The maximum Gasteiger partial charge on any atom is 0.278 e. The third-order valence-corrected chi connectivity index (χ3v) is 29.9. The fourth-order valence-corrected chi connectivity index (χ4v) is 21.4. The van der Waals surface area contributed by atoms with Gasteiger partial charge in [0, 0.05) is 49.9 Å². The van der Waals surface area contributed by atoms with Gasteiger partial charge in [-0.2, -0.15) is 0 Å². The van der Waals surface area contributed by atoms with Gasteiger partial charge in [-0.05, 0) is 38.5 Å². The van der Waals surface area contributed by atoms with Crippen LogP contribution in [0.5, 0.6) is 0 Å². The van der Waals surface area contributed by atoms with Crippen LogP contribution >= 0.6 is 132 Å². The van der Waals surface area contributed by atoms with Gasteiger partial charge < -0.3 is 207 Å². The molecule has 4 fully saturated rings. The maximum absolute atomic E-state index is 11.6. The van der Waals surface area contributed by atoms with Crippen molar-refractivity contribution >= 4 is 156 Å². The minimum absolute atomic E-state index is 0.0200. The van der Waals surface area contributed by atoms with Crippen LogP contribution in [0.2, 0.25) is 0 Å². The Labute approximate surface area is 676 Å². The van der Waals surface area contributed by atoms with E-state index in [4.69, 9.17) is 41.9 Å². The summed E-state index contributed by atoms with van der Waals surface area (Å²) >= 11 is 5.06. The molecule has 8 aliphatic rings. The van der Waals surface area contributed by atoms with Gasteiger partial charge in [-0.15, -0.1) is 0 Å². The van der Waals surface area contributed by atoms with Crippen molar-refractivity contribution in [1.29, 1.82) is 0 Å². The highest BCUT2D eigenvalue weighted by molar-refractivity contribution is 14.1. The van der Waals surface area contributed by atoms with E-state index < -0.39 is 206 Å². The molecule has 8 rings (SSSR count). The molecule has 0 radical (unpaired) electrons. The topological polar surface area (TPSA) is 1010 Å². The minimum atomic E-state index is -6.10. The molecule has 8 heterocycles. The van der Waals surface area contributed by atoms with E-state index in [2.05, 4.69) is 115 Å². The standard InChI is InChI=1S/C11H20N3O13P3.C10H17BrN3O12P3.C10H17IN3O12P3.C10H18N3O13P3/c1-6-13-11(12)7(4-15)3-14(6)10-2-8(16)9(25-10)5-24-29(20,21)27-30(22,23)26-28(17,18)19;2*1-5-13-10(12)6(11)3-14(5)9-2-7(15)8(24-9)4-23-28(19,20)26-29(21,22)25-27(16,17)18;1-5-12-10(11)7(15)3-13(5)9-2-6(14)8(24-9)4-23-28(19,20)26-29(21,22)25-27(16,17)18/h3,8-10,15-16H,1-2,4-5H2,(H2,12,13)(H,20,21)(H,22,23)(H2,17,18,19);2*3,7-9,15H,1-2,4H2,(H2,12,13)(H,19,20)(H,21,22)(H2,16,17,18);3,6,8-9,14-15H,1-2,4H2,(H2,11,12)(H,19,20)(H,21,22)(H2,16,17,18)/p-16. The van der Waals surface area contributed by atoms with Crippen molar-refractivity contribution in [2.24, 2.45) is 42.9 Å². The Hall–Kier alpha value is -2.71. The summed E-state index contributed by atoms with van der Waals surface area (Å²) in [6, 6.07) is 0. The molecule has 0 saturated carbocycles. The van der Waals surface area contributed by atoms with Crippen LogP contribution in [0.25, 0.3) is 0 Å². The van der Waals surface area contributed by atoms with Crippen molar-refractivity contribution in [1.82, 2.24) is 19.6 Å². The van der Waals surface area contributed by atoms with Crippen LogP contribution in [0.4, 0.5) is 0 Å². The summed E-state index contributed by atoms with van der Waals surface area (Å²) in [5.74, 6) is 0.290. The number of phosphoric ester groups is 4. The average molecular weight is 2100 g/mol. The maximum atomic E-state index is 11.6. The lowest BCUT2D eigenvalue weighted by Crippen LogP contribution is -2.35. The molecule has 0 aromatic heterocycles. The first-order valence-electron chi connectivity index (χ1n) is 29.8. The number of ether oxygens (including phenoxy) is 4. The zero-order chi connectivity index (χ0) is 89.5. The average Bonchev–Trinajstić information content (AvgIpc) is 1.69. The highest BCUT2D eigenvalue weighted by Gasteiger charge is 2.44. The number of halogens is 2. The molecule has 20 unspecified atom stereocenters. The molecule has 62 nitrogen and oxygen atoms in total. The van der Waals surface area contributed by atoms with Gasteiger partial charge in [0.15, 0.2) is 11.6 Å². The van der Waals surface area contributed by atoms with E-state index in [1.165, 1.54) is 32.0 Å². The van der Waals surface area contributed by atoms with Crippen molar-refractivity contribution in [3.05, 3.63) is 93.8 Å². The number of aliphatic hydroxyl groups excluding tert-OH is 6. The Morgan fingerprint density at radius 1 is 0.393 bits per heavy atom. The number of nitrogens with zero attached hydrogens (tertiary/aromatic N) is 8. The lowest BCUT2D eigenvalue weighted by molar-refractivity contribution is -0.342. The molecule has 0 aromatic carbocycles. The number of aliphatic imine (C=N–C) groups is 4. The number of rotatable bonds is 33. The summed E-state index contributed by atoms with van der Waals surface area (Å²) in [4.78, 5) is 194. The van der Waals surface area contributed by atoms with Crippen molar-refractivity contribution in [3.8, 4) is 0 Å². The number of hydrogen-bond donors (Lipinski definition) is 10. The molecule has 8 aliphatic heterocycles. The SMILES string of the molecule is C=C1N=C(N)C(Br)=CN1C1CC(O)C(COP(=O)([O-])OP(=O)([O-])OP(=O)([O-])[O-])O1.C=C1N=C(N)C(CO)=CN1C1CC(O)C(COP(=O)([O-])OP(=O)([O-])OP(=O)([O-])[O-])O1.C=C1N=C(N)C(I)=CN1C1CC(O)C(COP(=O)([O-])OP(=O)([O-])OP(=O)([O-])[O-])O1.C=C1N=C(N)C(O)=CN1C1CC(O)C(COP(=O)([O-])OP(=O)([O-])OP(=O)([O-])[O-])O1. The van der Waals surface area contributed by atoms with Gasteiger partial charge in [-0.1, -0.05) is 26.3 Å². The van der Waals surface area contributed by atoms with E-state index >= 15 is 0 Å². The molecule has 0 aliphatic carbocycles. The van der Waals surface area contributed by atoms with Crippen LogP contribution in [0.1, 0.15) is 25.7 Å². The number of hydrogen-bond acceptors (Lipinski definition) is 62. The number of nitrogens with two attached hydrogens (primary N) is 4. The predicted molar refractivity (Wildman–Crippen MR) is 356 cm³/mol. The summed E-state index contributed by atoms with van der Waals surface area (Å²) in [5.41, 5.74) is 22.5. The van der Waals surface area contributed by atoms with Gasteiger partial charge in [-0.3, -0.25) is 53.8 Å². The van der Waals surface area contributed by atoms with E-state index in [-0.39, 0.29) is 77.9 Å². The zero-order valence-electron chi connectivity index (χ0n) is 57.1. The highest BCUT2D eigenvalue weighted by Crippen LogP contribution is 2.64. The first-order valence-corrected chi connectivity index (χ1v) is 49.2. The van der Waals surface area contributed by atoms with Crippen molar-refractivity contribution in [3.63, 3.8) is 0 Å². The highest BCUT2D eigenvalue weighted by atomic mass is 127. The fourth-order valence-electron chi connectivity index (χ4n) is 9.18. The van der Waals surface area contributed by atoms with Crippen LogP contribution in [0.15, 0.2) is 114 Å². The molecule has 20 atom stereocenters.